The second-order valence-corrected chi connectivity index (χ2v) is 5.54. The van der Waals surface area contributed by atoms with Crippen LogP contribution in [0.5, 0.6) is 0 Å². The van der Waals surface area contributed by atoms with Crippen LogP contribution in [0.3, 0.4) is 0 Å². The summed E-state index contributed by atoms with van der Waals surface area (Å²) in [5.41, 5.74) is 0.631. The van der Waals surface area contributed by atoms with Gasteiger partial charge >= 0.3 is 0 Å². The second kappa shape index (κ2) is 4.19. The minimum Gasteiger partial charge on any atom is -0.314 e. The molecule has 1 unspecified atom stereocenters. The number of hydrogen-bond donors (Lipinski definition) is 1. The van der Waals surface area contributed by atoms with Crippen LogP contribution in [0, 0.1) is 5.41 Å². The molecule has 0 aromatic rings. The van der Waals surface area contributed by atoms with Crippen molar-refractivity contribution in [1.82, 2.24) is 10.2 Å². The van der Waals surface area contributed by atoms with E-state index in [1.807, 2.05) is 0 Å². The highest BCUT2D eigenvalue weighted by Crippen LogP contribution is 2.38. The Morgan fingerprint density at radius 3 is 2.71 bits per heavy atom. The average Bonchev–Trinajstić information content (AvgIpc) is 2.57. The molecule has 1 aliphatic carbocycles. The highest BCUT2D eigenvalue weighted by atomic mass is 15.2. The van der Waals surface area contributed by atoms with E-state index in [4.69, 9.17) is 0 Å². The van der Waals surface area contributed by atoms with Gasteiger partial charge in [0.1, 0.15) is 0 Å². The average molecular weight is 196 g/mol. The van der Waals surface area contributed by atoms with Gasteiger partial charge in [-0.1, -0.05) is 19.8 Å². The first-order valence-corrected chi connectivity index (χ1v) is 6.14. The third-order valence-electron chi connectivity index (χ3n) is 4.03. The number of nitrogens with one attached hydrogen (secondary N) is 1. The zero-order valence-electron chi connectivity index (χ0n) is 9.68. The topological polar surface area (TPSA) is 15.3 Å². The maximum Gasteiger partial charge on any atom is 0.0193 e. The Hall–Kier alpha value is -0.0800. The van der Waals surface area contributed by atoms with Crippen molar-refractivity contribution in [3.8, 4) is 0 Å². The smallest absolute Gasteiger partial charge is 0.0193 e. The number of nitrogens with zero attached hydrogens (tertiary/aromatic N) is 1. The second-order valence-electron chi connectivity index (χ2n) is 5.54. The van der Waals surface area contributed by atoms with Crippen LogP contribution in [0.1, 0.15) is 39.5 Å². The molecule has 82 valence electrons. The molecule has 1 N–H and O–H groups in total. The van der Waals surface area contributed by atoms with Gasteiger partial charge in [0.2, 0.25) is 0 Å². The summed E-state index contributed by atoms with van der Waals surface area (Å²) >= 11 is 0. The third kappa shape index (κ3) is 2.29. The lowest BCUT2D eigenvalue weighted by Gasteiger charge is -2.39. The van der Waals surface area contributed by atoms with E-state index in [0.717, 1.165) is 6.04 Å². The van der Waals surface area contributed by atoms with Crippen LogP contribution in [0.4, 0.5) is 0 Å². The molecule has 2 fully saturated rings. The molecule has 0 bridgehead atoms. The molecule has 1 aliphatic heterocycles. The molecule has 0 aromatic carbocycles. The summed E-state index contributed by atoms with van der Waals surface area (Å²) in [6, 6.07) is 0.737. The fourth-order valence-electron chi connectivity index (χ4n) is 2.99. The predicted molar refractivity (Wildman–Crippen MR) is 60.5 cm³/mol. The molecule has 1 heterocycles. The van der Waals surface area contributed by atoms with E-state index in [1.165, 1.54) is 51.9 Å². The molecule has 2 nitrogen and oxygen atoms in total. The van der Waals surface area contributed by atoms with E-state index < -0.39 is 0 Å². The van der Waals surface area contributed by atoms with Gasteiger partial charge in [0, 0.05) is 32.2 Å². The van der Waals surface area contributed by atoms with Crippen LogP contribution in [-0.2, 0) is 0 Å². The molecule has 0 amide bonds. The highest BCUT2D eigenvalue weighted by Gasteiger charge is 2.32. The summed E-state index contributed by atoms with van der Waals surface area (Å²) < 4.78 is 0. The van der Waals surface area contributed by atoms with Crippen molar-refractivity contribution < 1.29 is 0 Å². The Labute approximate surface area is 88.1 Å². The van der Waals surface area contributed by atoms with Crippen LogP contribution in [0.2, 0.25) is 0 Å². The first-order chi connectivity index (χ1) is 6.70. The standard InChI is InChI=1S/C12H24N2/c1-11-9-13-7-8-14(11)10-12(2)5-3-4-6-12/h11,13H,3-10H2,1-2H3. The molecular formula is C12H24N2. The first kappa shape index (κ1) is 10.4. The van der Waals surface area contributed by atoms with E-state index in [9.17, 15) is 0 Å². The Bertz CT molecular complexity index is 185. The van der Waals surface area contributed by atoms with Crippen molar-refractivity contribution in [1.29, 1.82) is 0 Å². The molecule has 0 radical (unpaired) electrons. The summed E-state index contributed by atoms with van der Waals surface area (Å²) in [6.45, 7) is 9.77. The van der Waals surface area contributed by atoms with Crippen molar-refractivity contribution >= 4 is 0 Å². The summed E-state index contributed by atoms with van der Waals surface area (Å²) in [5.74, 6) is 0. The van der Waals surface area contributed by atoms with Gasteiger partial charge in [0.05, 0.1) is 0 Å². The van der Waals surface area contributed by atoms with Crippen LogP contribution >= 0.6 is 0 Å². The third-order valence-corrected chi connectivity index (χ3v) is 4.03. The van der Waals surface area contributed by atoms with Gasteiger partial charge in [-0.25, -0.2) is 0 Å². The van der Waals surface area contributed by atoms with E-state index in [2.05, 4.69) is 24.1 Å². The molecule has 2 rings (SSSR count). The van der Waals surface area contributed by atoms with E-state index in [1.54, 1.807) is 0 Å². The van der Waals surface area contributed by atoms with E-state index >= 15 is 0 Å². The van der Waals surface area contributed by atoms with Crippen molar-refractivity contribution in [3.63, 3.8) is 0 Å². The van der Waals surface area contributed by atoms with Crippen LogP contribution in [-0.4, -0.2) is 37.1 Å². The lowest BCUT2D eigenvalue weighted by molar-refractivity contribution is 0.108. The summed E-state index contributed by atoms with van der Waals surface area (Å²) in [7, 11) is 0. The molecule has 1 saturated carbocycles. The fourth-order valence-corrected chi connectivity index (χ4v) is 2.99. The van der Waals surface area contributed by atoms with Crippen molar-refractivity contribution in [2.75, 3.05) is 26.2 Å². The first-order valence-electron chi connectivity index (χ1n) is 6.14. The fraction of sp³-hybridized carbons (Fsp3) is 1.00. The summed E-state index contributed by atoms with van der Waals surface area (Å²) in [4.78, 5) is 2.68. The maximum absolute atomic E-state index is 3.46. The van der Waals surface area contributed by atoms with Gasteiger partial charge in [0.15, 0.2) is 0 Å². The Morgan fingerprint density at radius 2 is 2.07 bits per heavy atom. The van der Waals surface area contributed by atoms with Crippen LogP contribution < -0.4 is 5.32 Å². The molecule has 14 heavy (non-hydrogen) atoms. The maximum atomic E-state index is 3.46. The van der Waals surface area contributed by atoms with Gasteiger partial charge < -0.3 is 5.32 Å². The van der Waals surface area contributed by atoms with Gasteiger partial charge in [-0.2, -0.15) is 0 Å². The van der Waals surface area contributed by atoms with Gasteiger partial charge in [-0.3, -0.25) is 4.90 Å². The molecular weight excluding hydrogens is 172 g/mol. The zero-order chi connectivity index (χ0) is 10.0. The Morgan fingerprint density at radius 1 is 1.36 bits per heavy atom. The predicted octanol–water partition coefficient (Wildman–Crippen LogP) is 1.86. The summed E-state index contributed by atoms with van der Waals surface area (Å²) in [6.07, 6.45) is 5.81. The number of hydrogen-bond acceptors (Lipinski definition) is 2. The Kier molecular flexibility index (Phi) is 3.13. The minimum absolute atomic E-state index is 0.631. The minimum atomic E-state index is 0.631. The molecule has 1 atom stereocenters. The van der Waals surface area contributed by atoms with Crippen LogP contribution in [0.15, 0.2) is 0 Å². The SMILES string of the molecule is CC1CNCCN1CC1(C)CCCC1. The van der Waals surface area contributed by atoms with E-state index in [-0.39, 0.29) is 0 Å². The molecule has 0 spiro atoms. The lowest BCUT2D eigenvalue weighted by atomic mass is 9.87. The number of piperazine rings is 1. The molecule has 2 aliphatic rings. The van der Waals surface area contributed by atoms with E-state index in [0.29, 0.717) is 5.41 Å². The van der Waals surface area contributed by atoms with Gasteiger partial charge in [-0.05, 0) is 25.2 Å². The van der Waals surface area contributed by atoms with Gasteiger partial charge in [0.25, 0.3) is 0 Å². The normalized spacial score (nSPS) is 33.4. The zero-order valence-corrected chi connectivity index (χ0v) is 9.68. The summed E-state index contributed by atoms with van der Waals surface area (Å²) in [5, 5.41) is 3.46. The van der Waals surface area contributed by atoms with Crippen molar-refractivity contribution in [3.05, 3.63) is 0 Å². The number of rotatable bonds is 2. The van der Waals surface area contributed by atoms with Crippen molar-refractivity contribution in [2.45, 2.75) is 45.6 Å². The monoisotopic (exact) mass is 196 g/mol. The lowest BCUT2D eigenvalue weighted by Crippen LogP contribution is -2.52. The Balaban J connectivity index is 1.88. The van der Waals surface area contributed by atoms with Crippen LogP contribution in [0.25, 0.3) is 0 Å². The molecule has 1 saturated heterocycles. The largest absolute Gasteiger partial charge is 0.314 e. The molecule has 2 heteroatoms. The molecule has 0 aromatic heterocycles. The quantitative estimate of drug-likeness (QED) is 0.725. The van der Waals surface area contributed by atoms with Crippen molar-refractivity contribution in [2.24, 2.45) is 5.41 Å². The highest BCUT2D eigenvalue weighted by molar-refractivity contribution is 4.87. The van der Waals surface area contributed by atoms with Gasteiger partial charge in [-0.15, -0.1) is 0 Å².